The molecule has 0 aromatic rings. The van der Waals surface area contributed by atoms with E-state index in [4.69, 9.17) is 0 Å². The number of hydrogen-bond acceptors (Lipinski definition) is 0. The maximum Gasteiger partial charge on any atom is -0.00733 e. The average Bonchev–Trinajstić information content (AvgIpc) is 2.58. The third-order valence-corrected chi connectivity index (χ3v) is 5.40. The molecule has 0 bridgehead atoms. The first kappa shape index (κ1) is 24.2. The summed E-state index contributed by atoms with van der Waals surface area (Å²) in [6.07, 6.45) is 20.3. The van der Waals surface area contributed by atoms with Gasteiger partial charge >= 0.3 is 0 Å². The lowest BCUT2D eigenvalue weighted by molar-refractivity contribution is 0.381. The van der Waals surface area contributed by atoms with Crippen molar-refractivity contribution in [1.82, 2.24) is 0 Å². The highest BCUT2D eigenvalue weighted by molar-refractivity contribution is 5.27. The Morgan fingerprint density at radius 2 is 1.16 bits per heavy atom. The van der Waals surface area contributed by atoms with Crippen LogP contribution in [0.3, 0.4) is 0 Å². The quantitative estimate of drug-likeness (QED) is 0.132. The van der Waals surface area contributed by atoms with Crippen LogP contribution in [-0.2, 0) is 0 Å². The van der Waals surface area contributed by atoms with Crippen LogP contribution in [0.15, 0.2) is 36.5 Å². The first-order valence-electron chi connectivity index (χ1n) is 11.0. The maximum absolute atomic E-state index is 4.29. The topological polar surface area (TPSA) is 0 Å². The molecule has 0 fully saturated rings. The normalized spacial score (nSPS) is 12.1. The van der Waals surface area contributed by atoms with E-state index in [9.17, 15) is 0 Å². The molecule has 0 N–H and O–H groups in total. The lowest BCUT2D eigenvalue weighted by Gasteiger charge is -2.18. The molecule has 0 aliphatic rings. The van der Waals surface area contributed by atoms with E-state index in [1.807, 2.05) is 6.92 Å². The Bertz CT molecular complexity index is 360. The molecule has 0 amide bonds. The third-order valence-electron chi connectivity index (χ3n) is 5.40. The van der Waals surface area contributed by atoms with Crippen molar-refractivity contribution >= 4 is 0 Å². The lowest BCUT2D eigenvalue weighted by Crippen LogP contribution is -2.02. The zero-order valence-corrected chi connectivity index (χ0v) is 17.8. The molecule has 0 aromatic carbocycles. The number of hydrogen-bond donors (Lipinski definition) is 0. The minimum Gasteiger partial charge on any atom is -0.0995 e. The van der Waals surface area contributed by atoms with E-state index in [1.54, 1.807) is 0 Å². The first-order valence-corrected chi connectivity index (χ1v) is 11.0. The summed E-state index contributed by atoms with van der Waals surface area (Å²) in [6, 6.07) is 0. The van der Waals surface area contributed by atoms with Gasteiger partial charge in [-0.3, -0.25) is 0 Å². The van der Waals surface area contributed by atoms with Gasteiger partial charge in [-0.1, -0.05) is 122 Å². The molecular formula is C25H46. The average molecular weight is 347 g/mol. The predicted molar refractivity (Wildman–Crippen MR) is 117 cm³/mol. The summed E-state index contributed by atoms with van der Waals surface area (Å²) >= 11 is 0. The van der Waals surface area contributed by atoms with Gasteiger partial charge in [0, 0.05) is 0 Å². The second-order valence-electron chi connectivity index (χ2n) is 8.12. The summed E-state index contributed by atoms with van der Waals surface area (Å²) in [7, 11) is 0. The summed E-state index contributed by atoms with van der Waals surface area (Å²) < 4.78 is 0. The first-order chi connectivity index (χ1) is 12.0. The van der Waals surface area contributed by atoms with Gasteiger partial charge in [0.1, 0.15) is 0 Å². The minimum absolute atomic E-state index is 0.901. The molecule has 0 saturated heterocycles. The molecule has 0 saturated carbocycles. The zero-order chi connectivity index (χ0) is 18.9. The summed E-state index contributed by atoms with van der Waals surface area (Å²) in [5.41, 5.74) is 3.60. The number of rotatable bonds is 18. The Morgan fingerprint density at radius 1 is 0.680 bits per heavy atom. The highest BCUT2D eigenvalue weighted by Gasteiger charge is 2.10. The molecule has 0 aliphatic carbocycles. The van der Waals surface area contributed by atoms with E-state index in [1.165, 1.54) is 95.5 Å². The Hall–Kier alpha value is -0.780. The van der Waals surface area contributed by atoms with Gasteiger partial charge in [-0.05, 0) is 37.7 Å². The SMILES string of the molecule is C=C(CCC(CCCCCC)CCCCCCCC)CC(=C)C(=C)C. The van der Waals surface area contributed by atoms with E-state index in [0.29, 0.717) is 0 Å². The van der Waals surface area contributed by atoms with Crippen molar-refractivity contribution in [2.75, 3.05) is 0 Å². The zero-order valence-electron chi connectivity index (χ0n) is 17.8. The van der Waals surface area contributed by atoms with E-state index < -0.39 is 0 Å². The van der Waals surface area contributed by atoms with Crippen molar-refractivity contribution in [2.45, 2.75) is 117 Å². The van der Waals surface area contributed by atoms with Crippen LogP contribution in [0.25, 0.3) is 0 Å². The lowest BCUT2D eigenvalue weighted by atomic mass is 9.88. The molecule has 0 rings (SSSR count). The van der Waals surface area contributed by atoms with Crippen LogP contribution in [0.4, 0.5) is 0 Å². The number of allylic oxidation sites excluding steroid dienone is 3. The fourth-order valence-corrected chi connectivity index (χ4v) is 3.46. The van der Waals surface area contributed by atoms with E-state index in [2.05, 4.69) is 33.6 Å². The molecule has 0 heteroatoms. The molecule has 0 aliphatic heterocycles. The van der Waals surface area contributed by atoms with Gasteiger partial charge < -0.3 is 0 Å². The van der Waals surface area contributed by atoms with Crippen LogP contribution in [0.1, 0.15) is 117 Å². The molecule has 0 aromatic heterocycles. The molecule has 0 heterocycles. The fraction of sp³-hybridized carbons (Fsp3) is 0.760. The summed E-state index contributed by atoms with van der Waals surface area (Å²) in [5, 5.41) is 0. The second kappa shape index (κ2) is 16.7. The van der Waals surface area contributed by atoms with Crippen molar-refractivity contribution in [3.8, 4) is 0 Å². The maximum atomic E-state index is 4.29. The van der Waals surface area contributed by atoms with Gasteiger partial charge in [-0.15, -0.1) is 0 Å². The van der Waals surface area contributed by atoms with Crippen LogP contribution in [-0.4, -0.2) is 0 Å². The molecule has 1 atom stereocenters. The van der Waals surface area contributed by atoms with Crippen LogP contribution in [0.5, 0.6) is 0 Å². The Morgan fingerprint density at radius 3 is 1.68 bits per heavy atom. The Labute approximate surface area is 159 Å². The van der Waals surface area contributed by atoms with Crippen LogP contribution in [0, 0.1) is 5.92 Å². The minimum atomic E-state index is 0.901. The monoisotopic (exact) mass is 346 g/mol. The fourth-order valence-electron chi connectivity index (χ4n) is 3.46. The van der Waals surface area contributed by atoms with Crippen molar-refractivity contribution in [3.05, 3.63) is 36.5 Å². The van der Waals surface area contributed by atoms with Crippen molar-refractivity contribution in [2.24, 2.45) is 5.92 Å². The standard InChI is InChI=1S/C25H46/c1-7-9-11-13-14-16-18-25(17-15-12-10-8-2)20-19-23(5)21-24(6)22(3)4/h25H,3,5-21H2,1-2,4H3. The molecule has 146 valence electrons. The highest BCUT2D eigenvalue weighted by Crippen LogP contribution is 2.26. The van der Waals surface area contributed by atoms with Crippen LogP contribution < -0.4 is 0 Å². The highest BCUT2D eigenvalue weighted by atomic mass is 14.2. The second-order valence-corrected chi connectivity index (χ2v) is 8.12. The van der Waals surface area contributed by atoms with Gasteiger partial charge in [0.2, 0.25) is 0 Å². The Kier molecular flexibility index (Phi) is 16.2. The van der Waals surface area contributed by atoms with Crippen molar-refractivity contribution in [1.29, 1.82) is 0 Å². The third kappa shape index (κ3) is 15.2. The molecule has 25 heavy (non-hydrogen) atoms. The molecular weight excluding hydrogens is 300 g/mol. The summed E-state index contributed by atoms with van der Waals surface area (Å²) in [4.78, 5) is 0. The van der Waals surface area contributed by atoms with E-state index in [-0.39, 0.29) is 0 Å². The molecule has 1 unspecified atom stereocenters. The molecule has 0 radical (unpaired) electrons. The van der Waals surface area contributed by atoms with E-state index >= 15 is 0 Å². The van der Waals surface area contributed by atoms with Gasteiger partial charge in [-0.25, -0.2) is 0 Å². The van der Waals surface area contributed by atoms with Crippen LogP contribution >= 0.6 is 0 Å². The number of unbranched alkanes of at least 4 members (excludes halogenated alkanes) is 8. The summed E-state index contributed by atoms with van der Waals surface area (Å²) in [5.74, 6) is 0.901. The smallest absolute Gasteiger partial charge is 0.00733 e. The predicted octanol–water partition coefficient (Wildman–Crippen LogP) is 9.18. The molecule has 0 nitrogen and oxygen atoms in total. The van der Waals surface area contributed by atoms with Gasteiger partial charge in [-0.2, -0.15) is 0 Å². The van der Waals surface area contributed by atoms with Gasteiger partial charge in [0.25, 0.3) is 0 Å². The largest absolute Gasteiger partial charge is 0.0995 e. The van der Waals surface area contributed by atoms with Gasteiger partial charge in [0.15, 0.2) is 0 Å². The van der Waals surface area contributed by atoms with Crippen LogP contribution in [0.2, 0.25) is 0 Å². The van der Waals surface area contributed by atoms with Crippen molar-refractivity contribution < 1.29 is 0 Å². The van der Waals surface area contributed by atoms with Crippen molar-refractivity contribution in [3.63, 3.8) is 0 Å². The molecule has 0 spiro atoms. The van der Waals surface area contributed by atoms with Gasteiger partial charge in [0.05, 0.1) is 0 Å². The van der Waals surface area contributed by atoms with E-state index in [0.717, 1.165) is 23.5 Å². The summed E-state index contributed by atoms with van der Waals surface area (Å²) in [6.45, 7) is 19.0. The Balaban J connectivity index is 4.12.